The molecule has 7 heteroatoms. The van der Waals surface area contributed by atoms with Crippen LogP contribution in [0.1, 0.15) is 43.5 Å². The molecule has 0 aromatic heterocycles. The van der Waals surface area contributed by atoms with Crippen LogP contribution in [0.5, 0.6) is 0 Å². The van der Waals surface area contributed by atoms with Gasteiger partial charge in [0, 0.05) is 5.56 Å². The van der Waals surface area contributed by atoms with Crippen LogP contribution in [0, 0.1) is 35.4 Å². The van der Waals surface area contributed by atoms with Crippen molar-refractivity contribution in [2.75, 3.05) is 6.61 Å². The molecule has 1 heterocycles. The third kappa shape index (κ3) is 3.26. The molecule has 2 aliphatic carbocycles. The van der Waals surface area contributed by atoms with E-state index >= 15 is 0 Å². The van der Waals surface area contributed by atoms with Gasteiger partial charge >= 0.3 is 5.97 Å². The lowest BCUT2D eigenvalue weighted by Crippen LogP contribution is -2.50. The van der Waals surface area contributed by atoms with Gasteiger partial charge in [0.05, 0.1) is 11.8 Å². The summed E-state index contributed by atoms with van der Waals surface area (Å²) in [6, 6.07) is 3.90. The molecule has 3 fully saturated rings. The maximum absolute atomic E-state index is 13.0. The van der Waals surface area contributed by atoms with Crippen LogP contribution in [0.15, 0.2) is 24.3 Å². The van der Waals surface area contributed by atoms with Crippen molar-refractivity contribution in [1.82, 2.24) is 4.90 Å². The third-order valence-electron chi connectivity index (χ3n) is 6.62. The number of rotatable bonds is 6. The Hall–Kier alpha value is -2.57. The molecule has 2 amide bonds. The van der Waals surface area contributed by atoms with Crippen molar-refractivity contribution in [3.8, 4) is 0 Å². The average molecular weight is 401 g/mol. The Kier molecular flexibility index (Phi) is 5.00. The van der Waals surface area contributed by atoms with Crippen molar-refractivity contribution >= 4 is 23.6 Å². The molecule has 0 unspecified atom stereocenters. The monoisotopic (exact) mass is 401 g/mol. The predicted molar refractivity (Wildman–Crippen MR) is 100.0 cm³/mol. The largest absolute Gasteiger partial charge is 0.456 e. The summed E-state index contributed by atoms with van der Waals surface area (Å²) >= 11 is 0. The van der Waals surface area contributed by atoms with E-state index in [1.165, 1.54) is 12.1 Å². The minimum Gasteiger partial charge on any atom is -0.456 e. The number of hydrogen-bond acceptors (Lipinski definition) is 5. The van der Waals surface area contributed by atoms with Gasteiger partial charge in [0.15, 0.2) is 12.4 Å². The highest BCUT2D eigenvalue weighted by Gasteiger charge is 2.62. The van der Waals surface area contributed by atoms with Gasteiger partial charge in [0.1, 0.15) is 11.9 Å². The van der Waals surface area contributed by atoms with Gasteiger partial charge in [-0.15, -0.1) is 0 Å². The molecule has 0 spiro atoms. The summed E-state index contributed by atoms with van der Waals surface area (Å²) in [6.45, 7) is 2.97. The van der Waals surface area contributed by atoms with E-state index in [-0.39, 0.29) is 47.0 Å². The molecule has 4 rings (SSSR count). The van der Waals surface area contributed by atoms with Crippen molar-refractivity contribution in [3.63, 3.8) is 0 Å². The van der Waals surface area contributed by atoms with Crippen LogP contribution in [-0.2, 0) is 19.1 Å². The molecule has 5 atom stereocenters. The van der Waals surface area contributed by atoms with Gasteiger partial charge < -0.3 is 4.74 Å². The lowest BCUT2D eigenvalue weighted by atomic mass is 9.81. The second-order valence-corrected chi connectivity index (χ2v) is 8.66. The quantitative estimate of drug-likeness (QED) is 0.416. The topological polar surface area (TPSA) is 80.8 Å². The smallest absolute Gasteiger partial charge is 0.330 e. The van der Waals surface area contributed by atoms with Crippen molar-refractivity contribution in [3.05, 3.63) is 35.6 Å². The first-order valence-corrected chi connectivity index (χ1v) is 10.1. The minimum absolute atomic E-state index is 0.222. The molecule has 3 aliphatic rings. The molecule has 29 heavy (non-hydrogen) atoms. The van der Waals surface area contributed by atoms with E-state index in [0.29, 0.717) is 0 Å². The number of benzene rings is 1. The molecule has 154 valence electrons. The van der Waals surface area contributed by atoms with E-state index in [1.54, 1.807) is 13.8 Å². The van der Waals surface area contributed by atoms with Gasteiger partial charge in [-0.3, -0.25) is 19.3 Å². The van der Waals surface area contributed by atoms with Crippen LogP contribution >= 0.6 is 0 Å². The van der Waals surface area contributed by atoms with Gasteiger partial charge in [-0.1, -0.05) is 13.8 Å². The van der Waals surface area contributed by atoms with Crippen LogP contribution in [0.3, 0.4) is 0 Å². The number of imide groups is 1. The molecule has 0 radical (unpaired) electrons. The second-order valence-electron chi connectivity index (χ2n) is 8.66. The van der Waals surface area contributed by atoms with Crippen molar-refractivity contribution in [2.45, 2.75) is 39.2 Å². The third-order valence-corrected chi connectivity index (χ3v) is 6.62. The van der Waals surface area contributed by atoms with Gasteiger partial charge in [-0.25, -0.2) is 9.18 Å². The average Bonchev–Trinajstić information content (AvgIpc) is 3.36. The Labute approximate surface area is 168 Å². The highest BCUT2D eigenvalue weighted by molar-refractivity contribution is 6.09. The van der Waals surface area contributed by atoms with Crippen molar-refractivity contribution < 1.29 is 28.3 Å². The maximum atomic E-state index is 13.0. The summed E-state index contributed by atoms with van der Waals surface area (Å²) in [5.74, 6) is -2.74. The predicted octanol–water partition coefficient (Wildman–Crippen LogP) is 2.61. The van der Waals surface area contributed by atoms with Crippen molar-refractivity contribution in [1.29, 1.82) is 0 Å². The van der Waals surface area contributed by atoms with E-state index in [2.05, 4.69) is 0 Å². The molecule has 1 aromatic rings. The number of ether oxygens (including phenoxy) is 1. The fraction of sp³-hybridized carbons (Fsp3) is 0.545. The zero-order valence-electron chi connectivity index (χ0n) is 16.5. The van der Waals surface area contributed by atoms with Gasteiger partial charge in [0.2, 0.25) is 11.8 Å². The summed E-state index contributed by atoms with van der Waals surface area (Å²) < 4.78 is 18.2. The fourth-order valence-corrected chi connectivity index (χ4v) is 5.32. The molecule has 1 saturated heterocycles. The van der Waals surface area contributed by atoms with E-state index in [4.69, 9.17) is 4.74 Å². The number of likely N-dealkylation sites (tertiary alicyclic amines) is 1. The number of amides is 2. The highest BCUT2D eigenvalue weighted by Crippen LogP contribution is 2.56. The zero-order valence-corrected chi connectivity index (χ0v) is 16.5. The Morgan fingerprint density at radius 2 is 1.62 bits per heavy atom. The fourth-order valence-electron chi connectivity index (χ4n) is 5.32. The Bertz CT molecular complexity index is 836. The Morgan fingerprint density at radius 1 is 1.07 bits per heavy atom. The molecule has 1 aromatic carbocycles. The number of nitrogens with zero attached hydrogens (tertiary/aromatic N) is 1. The van der Waals surface area contributed by atoms with Crippen LogP contribution in [-0.4, -0.2) is 41.1 Å². The first-order valence-electron chi connectivity index (χ1n) is 10.1. The van der Waals surface area contributed by atoms with Crippen LogP contribution < -0.4 is 0 Å². The maximum Gasteiger partial charge on any atom is 0.330 e. The highest BCUT2D eigenvalue weighted by atomic mass is 19.1. The SMILES string of the molecule is CC(C)[C@H](C(=O)OCC(=O)c1ccc(F)cc1)N1C(=O)[C@H]2[C@@H]3CC[C@@H](C3)[C@@H]2C1=O. The van der Waals surface area contributed by atoms with E-state index in [9.17, 15) is 23.6 Å². The first kappa shape index (κ1) is 19.7. The van der Waals surface area contributed by atoms with Gasteiger partial charge in [-0.05, 0) is 61.3 Å². The normalized spacial score (nSPS) is 28.8. The molecule has 2 bridgehead atoms. The lowest BCUT2D eigenvalue weighted by Gasteiger charge is -2.28. The molecular weight excluding hydrogens is 377 g/mol. The summed E-state index contributed by atoms with van der Waals surface area (Å²) in [6.07, 6.45) is 2.84. The molecule has 6 nitrogen and oxygen atoms in total. The summed E-state index contributed by atoms with van der Waals surface area (Å²) in [5, 5.41) is 0. The number of fused-ring (bicyclic) bond motifs is 5. The number of hydrogen-bond donors (Lipinski definition) is 0. The van der Waals surface area contributed by atoms with Crippen LogP contribution in [0.2, 0.25) is 0 Å². The molecular formula is C22H24FNO5. The molecule has 1 aliphatic heterocycles. The molecule has 0 N–H and O–H groups in total. The number of Topliss-reactive ketones (excluding diaryl/α,β-unsaturated/α-hetero) is 1. The first-order chi connectivity index (χ1) is 13.8. The standard InChI is InChI=1S/C22H24FNO5/c1-11(2)19(22(28)29-10-16(25)12-5-7-15(23)8-6-12)24-20(26)17-13-3-4-14(9-13)18(17)21(24)27/h5-8,11,13-14,17-19H,3-4,9-10H2,1-2H3/t13-,14+,17-,18-,19+/m0/s1. The van der Waals surface area contributed by atoms with Crippen LogP contribution in [0.25, 0.3) is 0 Å². The van der Waals surface area contributed by atoms with E-state index in [0.717, 1.165) is 36.3 Å². The Balaban J connectivity index is 1.47. The van der Waals surface area contributed by atoms with Crippen molar-refractivity contribution in [2.24, 2.45) is 29.6 Å². The van der Waals surface area contributed by atoms with E-state index in [1.807, 2.05) is 0 Å². The van der Waals surface area contributed by atoms with Crippen LogP contribution in [0.4, 0.5) is 4.39 Å². The number of carbonyl (C=O) groups excluding carboxylic acids is 4. The lowest BCUT2D eigenvalue weighted by molar-refractivity contribution is -0.160. The summed E-state index contributed by atoms with van der Waals surface area (Å²) in [7, 11) is 0. The Morgan fingerprint density at radius 3 is 2.14 bits per heavy atom. The number of carbonyl (C=O) groups is 4. The van der Waals surface area contributed by atoms with Gasteiger partial charge in [0.25, 0.3) is 0 Å². The zero-order chi connectivity index (χ0) is 20.9. The summed E-state index contributed by atoms with van der Waals surface area (Å²) in [5.41, 5.74) is 0.222. The van der Waals surface area contributed by atoms with Gasteiger partial charge in [-0.2, -0.15) is 0 Å². The number of ketones is 1. The van der Waals surface area contributed by atoms with E-state index < -0.39 is 30.2 Å². The second kappa shape index (κ2) is 7.35. The molecule has 2 saturated carbocycles. The number of halogens is 1. The summed E-state index contributed by atoms with van der Waals surface area (Å²) in [4.78, 5) is 52.1. The minimum atomic E-state index is -1.04. The number of esters is 1.